The topological polar surface area (TPSA) is 23.5 Å². The van der Waals surface area contributed by atoms with Crippen LogP contribution in [0, 0.1) is 11.6 Å². The molecule has 2 nitrogen and oxygen atoms in total. The molecule has 0 aliphatic carbocycles. The summed E-state index contributed by atoms with van der Waals surface area (Å²) in [4.78, 5) is 2.35. The van der Waals surface area contributed by atoms with Crippen LogP contribution in [0.4, 0.5) is 8.78 Å². The first-order valence-corrected chi connectivity index (χ1v) is 7.40. The zero-order valence-corrected chi connectivity index (χ0v) is 12.0. The molecule has 0 spiro atoms. The van der Waals surface area contributed by atoms with Crippen molar-refractivity contribution in [3.8, 4) is 0 Å². The maximum Gasteiger partial charge on any atom is 0.126 e. The Morgan fingerprint density at radius 3 is 2.50 bits per heavy atom. The minimum atomic E-state index is -0.845. The van der Waals surface area contributed by atoms with E-state index in [0.29, 0.717) is 24.8 Å². The van der Waals surface area contributed by atoms with E-state index in [9.17, 15) is 13.9 Å². The fraction of sp³-hybridized carbons (Fsp3) is 0.625. The molecule has 1 fully saturated rings. The molecule has 112 valence electrons. The van der Waals surface area contributed by atoms with Crippen molar-refractivity contribution in [2.45, 2.75) is 44.6 Å². The van der Waals surface area contributed by atoms with Gasteiger partial charge in [0.15, 0.2) is 0 Å². The molecule has 0 amide bonds. The Morgan fingerprint density at radius 1 is 1.15 bits per heavy atom. The van der Waals surface area contributed by atoms with Crippen molar-refractivity contribution >= 4 is 0 Å². The molecular weight excluding hydrogens is 260 g/mol. The fourth-order valence-electron chi connectivity index (χ4n) is 3.04. The summed E-state index contributed by atoms with van der Waals surface area (Å²) in [6.45, 7) is 5.03. The molecule has 20 heavy (non-hydrogen) atoms. The molecular formula is C16H23F2NO. The lowest BCUT2D eigenvalue weighted by Gasteiger charge is -2.27. The summed E-state index contributed by atoms with van der Waals surface area (Å²) in [6.07, 6.45) is 3.69. The van der Waals surface area contributed by atoms with Crippen LogP contribution >= 0.6 is 0 Å². The van der Waals surface area contributed by atoms with E-state index in [-0.39, 0.29) is 0 Å². The van der Waals surface area contributed by atoms with Crippen molar-refractivity contribution in [1.29, 1.82) is 0 Å². The highest BCUT2D eigenvalue weighted by atomic mass is 19.1. The summed E-state index contributed by atoms with van der Waals surface area (Å²) in [7, 11) is 0. The van der Waals surface area contributed by atoms with Crippen LogP contribution in [0.5, 0.6) is 0 Å². The van der Waals surface area contributed by atoms with E-state index in [2.05, 4.69) is 11.8 Å². The first-order chi connectivity index (χ1) is 9.50. The maximum atomic E-state index is 13.2. The van der Waals surface area contributed by atoms with Gasteiger partial charge in [-0.15, -0.1) is 0 Å². The van der Waals surface area contributed by atoms with Crippen LogP contribution in [0.3, 0.4) is 0 Å². The van der Waals surface area contributed by atoms with Crippen molar-refractivity contribution in [3.63, 3.8) is 0 Å². The molecule has 0 saturated carbocycles. The molecule has 1 aliphatic heterocycles. The second kappa shape index (κ2) is 6.64. The Bertz CT molecular complexity index is 432. The Hall–Kier alpha value is -1.00. The molecule has 4 heteroatoms. The van der Waals surface area contributed by atoms with E-state index in [1.165, 1.54) is 12.1 Å². The summed E-state index contributed by atoms with van der Waals surface area (Å²) in [5.41, 5.74) is -0.308. The van der Waals surface area contributed by atoms with Gasteiger partial charge in [-0.25, -0.2) is 8.78 Å². The fourth-order valence-corrected chi connectivity index (χ4v) is 3.04. The number of likely N-dealkylation sites (tertiary alicyclic amines) is 1. The van der Waals surface area contributed by atoms with Crippen molar-refractivity contribution in [2.24, 2.45) is 0 Å². The third kappa shape index (κ3) is 4.25. The molecule has 1 aromatic rings. The first kappa shape index (κ1) is 15.4. The van der Waals surface area contributed by atoms with Crippen LogP contribution < -0.4 is 0 Å². The van der Waals surface area contributed by atoms with Crippen molar-refractivity contribution in [1.82, 2.24) is 4.90 Å². The first-order valence-electron chi connectivity index (χ1n) is 7.40. The number of hydrogen-bond acceptors (Lipinski definition) is 2. The smallest absolute Gasteiger partial charge is 0.126 e. The zero-order chi connectivity index (χ0) is 14.6. The van der Waals surface area contributed by atoms with Crippen molar-refractivity contribution < 1.29 is 13.9 Å². The lowest BCUT2D eigenvalue weighted by Crippen LogP contribution is -2.33. The zero-order valence-electron chi connectivity index (χ0n) is 12.0. The molecule has 0 bridgehead atoms. The number of benzene rings is 1. The minimum absolute atomic E-state index is 0.321. The number of rotatable bonds is 4. The van der Waals surface area contributed by atoms with Gasteiger partial charge in [-0.3, -0.25) is 0 Å². The number of halogens is 2. The number of hydrogen-bond donors (Lipinski definition) is 1. The van der Waals surface area contributed by atoms with Gasteiger partial charge in [0.05, 0.1) is 5.60 Å². The normalized spacial score (nSPS) is 24.6. The molecule has 2 rings (SSSR count). The largest absolute Gasteiger partial charge is 0.389 e. The van der Waals surface area contributed by atoms with Crippen LogP contribution in [-0.4, -0.2) is 35.2 Å². The molecule has 1 heterocycles. The molecule has 0 aromatic heterocycles. The average molecular weight is 283 g/mol. The molecule has 1 saturated heterocycles. The molecule has 1 aromatic carbocycles. The predicted octanol–water partition coefficient (Wildman–Crippen LogP) is 3.13. The Balaban J connectivity index is 2.03. The third-order valence-corrected chi connectivity index (χ3v) is 4.01. The standard InChI is InChI=1S/C16H23F2NO/c1-2-6-19-7-3-4-16(20,5-8-19)12-13-9-14(17)11-15(18)10-13/h9-11,20H,2-8,12H2,1H3. The van der Waals surface area contributed by atoms with Gasteiger partial charge in [-0.1, -0.05) is 6.92 Å². The predicted molar refractivity (Wildman–Crippen MR) is 75.6 cm³/mol. The minimum Gasteiger partial charge on any atom is -0.389 e. The molecule has 0 radical (unpaired) electrons. The monoisotopic (exact) mass is 283 g/mol. The van der Waals surface area contributed by atoms with Crippen molar-refractivity contribution in [2.75, 3.05) is 19.6 Å². The van der Waals surface area contributed by atoms with E-state index in [4.69, 9.17) is 0 Å². The second-order valence-corrected chi connectivity index (χ2v) is 5.87. The second-order valence-electron chi connectivity index (χ2n) is 5.87. The lowest BCUT2D eigenvalue weighted by molar-refractivity contribution is 0.0256. The summed E-state index contributed by atoms with van der Waals surface area (Å²) < 4.78 is 26.4. The van der Waals surface area contributed by atoms with Crippen LogP contribution in [0.25, 0.3) is 0 Å². The molecule has 1 N–H and O–H groups in total. The Morgan fingerprint density at radius 2 is 1.85 bits per heavy atom. The molecule has 1 aliphatic rings. The van der Waals surface area contributed by atoms with Gasteiger partial charge in [-0.05, 0) is 56.5 Å². The highest BCUT2D eigenvalue weighted by Gasteiger charge is 2.30. The SMILES string of the molecule is CCCN1CCCC(O)(Cc2cc(F)cc(F)c2)CC1. The maximum absolute atomic E-state index is 13.2. The van der Waals surface area contributed by atoms with Gasteiger partial charge in [-0.2, -0.15) is 0 Å². The number of nitrogens with zero attached hydrogens (tertiary/aromatic N) is 1. The summed E-state index contributed by atoms with van der Waals surface area (Å²) >= 11 is 0. The van der Waals surface area contributed by atoms with Crippen LogP contribution in [0.2, 0.25) is 0 Å². The van der Waals surface area contributed by atoms with Gasteiger partial charge in [0, 0.05) is 19.0 Å². The molecule has 1 unspecified atom stereocenters. The highest BCUT2D eigenvalue weighted by Crippen LogP contribution is 2.27. The average Bonchev–Trinajstić information content (AvgIpc) is 2.51. The van der Waals surface area contributed by atoms with Gasteiger partial charge in [0.25, 0.3) is 0 Å². The van der Waals surface area contributed by atoms with Gasteiger partial charge < -0.3 is 10.0 Å². The quantitative estimate of drug-likeness (QED) is 0.917. The van der Waals surface area contributed by atoms with E-state index < -0.39 is 17.2 Å². The van der Waals surface area contributed by atoms with Crippen LogP contribution in [0.1, 0.15) is 38.2 Å². The Labute approximate surface area is 119 Å². The summed E-state index contributed by atoms with van der Waals surface area (Å²) in [5, 5.41) is 10.7. The van der Waals surface area contributed by atoms with Gasteiger partial charge in [0.2, 0.25) is 0 Å². The van der Waals surface area contributed by atoms with Gasteiger partial charge >= 0.3 is 0 Å². The van der Waals surface area contributed by atoms with E-state index in [1.54, 1.807) is 0 Å². The highest BCUT2D eigenvalue weighted by molar-refractivity contribution is 5.20. The summed E-state index contributed by atoms with van der Waals surface area (Å²) in [5.74, 6) is -1.16. The van der Waals surface area contributed by atoms with Crippen LogP contribution in [0.15, 0.2) is 18.2 Å². The van der Waals surface area contributed by atoms with E-state index >= 15 is 0 Å². The van der Waals surface area contributed by atoms with Crippen molar-refractivity contribution in [3.05, 3.63) is 35.4 Å². The van der Waals surface area contributed by atoms with Crippen LogP contribution in [-0.2, 0) is 6.42 Å². The number of aliphatic hydroxyl groups is 1. The summed E-state index contributed by atoms with van der Waals surface area (Å²) in [6, 6.07) is 3.50. The van der Waals surface area contributed by atoms with E-state index in [1.807, 2.05) is 0 Å². The van der Waals surface area contributed by atoms with Gasteiger partial charge in [0.1, 0.15) is 11.6 Å². The third-order valence-electron chi connectivity index (χ3n) is 4.01. The lowest BCUT2D eigenvalue weighted by atomic mass is 9.88. The molecule has 1 atom stereocenters. The Kier molecular flexibility index (Phi) is 5.11. The van der Waals surface area contributed by atoms with E-state index in [0.717, 1.165) is 38.5 Å².